The van der Waals surface area contributed by atoms with Gasteiger partial charge in [0.05, 0.1) is 6.04 Å². The van der Waals surface area contributed by atoms with Gasteiger partial charge >= 0.3 is 0 Å². The Morgan fingerprint density at radius 3 is 2.40 bits per heavy atom. The Kier molecular flexibility index (Phi) is 4.54. The van der Waals surface area contributed by atoms with E-state index in [0.717, 1.165) is 6.42 Å². The lowest BCUT2D eigenvalue weighted by molar-refractivity contribution is 0.591. The maximum Gasteiger partial charge on any atom is 0.0578 e. The third kappa shape index (κ3) is 3.43. The number of hydrogen-bond donors (Lipinski definition) is 1. The highest BCUT2D eigenvalue weighted by atomic mass is 32.1. The Morgan fingerprint density at radius 2 is 1.80 bits per heavy atom. The lowest BCUT2D eigenvalue weighted by Crippen LogP contribution is -2.16. The molecule has 1 heterocycles. The van der Waals surface area contributed by atoms with Crippen molar-refractivity contribution in [1.82, 2.24) is 0 Å². The minimum atomic E-state index is 0.160. The molecule has 0 saturated carbocycles. The Balaban J connectivity index is 2.21. The molecule has 1 N–H and O–H groups in total. The summed E-state index contributed by atoms with van der Waals surface area (Å²) in [6, 6.07) is 13.5. The van der Waals surface area contributed by atoms with Gasteiger partial charge in [-0.05, 0) is 42.5 Å². The lowest BCUT2D eigenvalue weighted by atomic mass is 9.85. The number of para-hydroxylation sites is 1. The second-order valence-corrected chi connectivity index (χ2v) is 7.52. The van der Waals surface area contributed by atoms with Crippen molar-refractivity contribution < 1.29 is 0 Å². The number of nitrogens with one attached hydrogen (secondary N) is 1. The quantitative estimate of drug-likeness (QED) is 0.751. The fraction of sp³-hybridized carbons (Fsp3) is 0.444. The van der Waals surface area contributed by atoms with Crippen molar-refractivity contribution in [2.24, 2.45) is 0 Å². The Morgan fingerprint density at radius 1 is 1.10 bits per heavy atom. The highest BCUT2D eigenvalue weighted by Crippen LogP contribution is 2.33. The van der Waals surface area contributed by atoms with Crippen LogP contribution in [0.4, 0.5) is 5.69 Å². The average Bonchev–Trinajstić information content (AvgIpc) is 2.87. The summed E-state index contributed by atoms with van der Waals surface area (Å²) in [7, 11) is 0. The van der Waals surface area contributed by atoms with Gasteiger partial charge < -0.3 is 5.32 Å². The average molecular weight is 287 g/mol. The van der Waals surface area contributed by atoms with Gasteiger partial charge in [-0.15, -0.1) is 11.3 Å². The number of anilines is 1. The molecule has 1 nitrogen and oxygen atoms in total. The van der Waals surface area contributed by atoms with Crippen LogP contribution in [0.2, 0.25) is 0 Å². The van der Waals surface area contributed by atoms with E-state index in [0.29, 0.717) is 6.04 Å². The van der Waals surface area contributed by atoms with Gasteiger partial charge in [-0.1, -0.05) is 45.9 Å². The predicted octanol–water partition coefficient (Wildman–Crippen LogP) is 5.78. The van der Waals surface area contributed by atoms with E-state index in [9.17, 15) is 0 Å². The van der Waals surface area contributed by atoms with E-state index in [1.54, 1.807) is 0 Å². The van der Waals surface area contributed by atoms with Gasteiger partial charge in [0.15, 0.2) is 0 Å². The predicted molar refractivity (Wildman–Crippen MR) is 90.9 cm³/mol. The molecule has 1 aromatic carbocycles. The number of rotatable bonds is 4. The molecule has 2 rings (SSSR count). The first-order valence-electron chi connectivity index (χ1n) is 7.36. The summed E-state index contributed by atoms with van der Waals surface area (Å²) in [5, 5.41) is 3.68. The van der Waals surface area contributed by atoms with Crippen molar-refractivity contribution in [1.29, 1.82) is 0 Å². The van der Waals surface area contributed by atoms with Crippen molar-refractivity contribution in [3.63, 3.8) is 0 Å². The van der Waals surface area contributed by atoms with Crippen LogP contribution in [0.3, 0.4) is 0 Å². The van der Waals surface area contributed by atoms with Crippen molar-refractivity contribution >= 4 is 17.0 Å². The van der Waals surface area contributed by atoms with Crippen LogP contribution < -0.4 is 5.32 Å². The van der Waals surface area contributed by atoms with Gasteiger partial charge in [0.25, 0.3) is 0 Å². The molecule has 0 aliphatic rings. The minimum absolute atomic E-state index is 0.160. The molecule has 1 atom stereocenters. The topological polar surface area (TPSA) is 12.0 Å². The molecule has 20 heavy (non-hydrogen) atoms. The summed E-state index contributed by atoms with van der Waals surface area (Å²) in [5.74, 6) is 0. The first-order valence-corrected chi connectivity index (χ1v) is 8.18. The zero-order valence-corrected chi connectivity index (χ0v) is 14.0. The first-order chi connectivity index (χ1) is 9.41. The van der Waals surface area contributed by atoms with Crippen LogP contribution in [-0.4, -0.2) is 0 Å². The second-order valence-electron chi connectivity index (χ2n) is 6.32. The summed E-state index contributed by atoms with van der Waals surface area (Å²) in [4.78, 5) is 2.86. The zero-order valence-electron chi connectivity index (χ0n) is 13.2. The second kappa shape index (κ2) is 6.01. The molecule has 2 heteroatoms. The van der Waals surface area contributed by atoms with Crippen LogP contribution in [-0.2, 0) is 11.8 Å². The standard InChI is InChI=1S/C18H25NS/c1-6-14-11-12-17(20-14)13(2)19-16-10-8-7-9-15(16)18(3,4)5/h7-13,19H,6H2,1-5H3. The highest BCUT2D eigenvalue weighted by Gasteiger charge is 2.18. The number of hydrogen-bond acceptors (Lipinski definition) is 2. The molecule has 0 aliphatic carbocycles. The summed E-state index contributed by atoms with van der Waals surface area (Å²) >= 11 is 1.91. The fourth-order valence-electron chi connectivity index (χ4n) is 2.38. The van der Waals surface area contributed by atoms with Crippen LogP contribution >= 0.6 is 11.3 Å². The first kappa shape index (κ1) is 15.1. The van der Waals surface area contributed by atoms with E-state index in [2.05, 4.69) is 76.3 Å². The molecular weight excluding hydrogens is 262 g/mol. The van der Waals surface area contributed by atoms with Crippen molar-refractivity contribution in [2.75, 3.05) is 5.32 Å². The largest absolute Gasteiger partial charge is 0.377 e. The van der Waals surface area contributed by atoms with Gasteiger partial charge in [0, 0.05) is 15.4 Å². The maximum atomic E-state index is 3.68. The van der Waals surface area contributed by atoms with Crippen LogP contribution in [0.1, 0.15) is 56.0 Å². The number of aryl methyl sites for hydroxylation is 1. The molecule has 2 aromatic rings. The molecule has 1 aromatic heterocycles. The van der Waals surface area contributed by atoms with E-state index in [1.807, 2.05) is 11.3 Å². The molecule has 0 spiro atoms. The van der Waals surface area contributed by atoms with Crippen molar-refractivity contribution in [3.8, 4) is 0 Å². The van der Waals surface area contributed by atoms with Crippen LogP contribution in [0.25, 0.3) is 0 Å². The monoisotopic (exact) mass is 287 g/mol. The van der Waals surface area contributed by atoms with Gasteiger partial charge in [-0.25, -0.2) is 0 Å². The third-order valence-electron chi connectivity index (χ3n) is 3.56. The van der Waals surface area contributed by atoms with Crippen LogP contribution in [0, 0.1) is 0 Å². The van der Waals surface area contributed by atoms with E-state index in [-0.39, 0.29) is 5.41 Å². The van der Waals surface area contributed by atoms with Gasteiger partial charge in [-0.2, -0.15) is 0 Å². The SMILES string of the molecule is CCc1ccc(C(C)Nc2ccccc2C(C)(C)C)s1. The third-order valence-corrected chi connectivity index (χ3v) is 4.98. The van der Waals surface area contributed by atoms with Crippen molar-refractivity contribution in [3.05, 3.63) is 51.7 Å². The molecule has 0 amide bonds. The van der Waals surface area contributed by atoms with E-state index in [4.69, 9.17) is 0 Å². The molecule has 1 unspecified atom stereocenters. The van der Waals surface area contributed by atoms with Crippen molar-refractivity contribution in [2.45, 2.75) is 52.5 Å². The summed E-state index contributed by atoms with van der Waals surface area (Å²) in [6.07, 6.45) is 1.12. The summed E-state index contributed by atoms with van der Waals surface area (Å²) in [6.45, 7) is 11.2. The Bertz CT molecular complexity index is 563. The minimum Gasteiger partial charge on any atom is -0.377 e. The maximum absolute atomic E-state index is 3.68. The molecule has 0 radical (unpaired) electrons. The zero-order chi connectivity index (χ0) is 14.8. The Labute approximate surface area is 127 Å². The molecule has 0 bridgehead atoms. The number of thiophene rings is 1. The fourth-order valence-corrected chi connectivity index (χ4v) is 3.34. The Hall–Kier alpha value is -1.28. The lowest BCUT2D eigenvalue weighted by Gasteiger charge is -2.25. The summed E-state index contributed by atoms with van der Waals surface area (Å²) < 4.78 is 0. The van der Waals surface area contributed by atoms with Crippen LogP contribution in [0.15, 0.2) is 36.4 Å². The van der Waals surface area contributed by atoms with E-state index in [1.165, 1.54) is 21.0 Å². The molecular formula is C18H25NS. The normalized spacial score (nSPS) is 13.2. The van der Waals surface area contributed by atoms with E-state index >= 15 is 0 Å². The molecule has 0 fully saturated rings. The van der Waals surface area contributed by atoms with Gasteiger partial charge in [-0.3, -0.25) is 0 Å². The molecule has 108 valence electrons. The smallest absolute Gasteiger partial charge is 0.0578 e. The number of benzene rings is 1. The molecule has 0 saturated heterocycles. The highest BCUT2D eigenvalue weighted by molar-refractivity contribution is 7.12. The van der Waals surface area contributed by atoms with Gasteiger partial charge in [0.2, 0.25) is 0 Å². The molecule has 0 aliphatic heterocycles. The van der Waals surface area contributed by atoms with E-state index < -0.39 is 0 Å². The van der Waals surface area contributed by atoms with Gasteiger partial charge in [0.1, 0.15) is 0 Å². The van der Waals surface area contributed by atoms with Crippen LogP contribution in [0.5, 0.6) is 0 Å². The summed E-state index contributed by atoms with van der Waals surface area (Å²) in [5.41, 5.74) is 2.78.